The Balaban J connectivity index is 2.22. The van der Waals surface area contributed by atoms with Gasteiger partial charge >= 0.3 is 5.97 Å². The van der Waals surface area contributed by atoms with E-state index in [-0.39, 0.29) is 19.1 Å². The van der Waals surface area contributed by atoms with Gasteiger partial charge in [-0.1, -0.05) is 0 Å². The van der Waals surface area contributed by atoms with Crippen molar-refractivity contribution in [1.29, 1.82) is 0 Å². The molecule has 0 spiro atoms. The van der Waals surface area contributed by atoms with Crippen LogP contribution in [0.3, 0.4) is 0 Å². The van der Waals surface area contributed by atoms with Crippen LogP contribution < -0.4 is 0 Å². The number of rotatable bonds is 2. The summed E-state index contributed by atoms with van der Waals surface area (Å²) < 4.78 is 6.76. The van der Waals surface area contributed by atoms with Gasteiger partial charge in [-0.05, 0) is 13.8 Å². The third-order valence-corrected chi connectivity index (χ3v) is 3.35. The van der Waals surface area contributed by atoms with Gasteiger partial charge in [0.05, 0.1) is 24.4 Å². The van der Waals surface area contributed by atoms with Crippen LogP contribution in [-0.4, -0.2) is 57.5 Å². The average Bonchev–Trinajstić information content (AvgIpc) is 2.62. The summed E-state index contributed by atoms with van der Waals surface area (Å²) in [6.45, 7) is 4.30. The van der Waals surface area contributed by atoms with E-state index >= 15 is 0 Å². The zero-order valence-electron chi connectivity index (χ0n) is 11.2. The highest BCUT2D eigenvalue weighted by Crippen LogP contribution is 2.17. The third-order valence-electron chi connectivity index (χ3n) is 3.35. The van der Waals surface area contributed by atoms with Crippen LogP contribution in [-0.2, 0) is 16.6 Å². The van der Waals surface area contributed by atoms with Gasteiger partial charge < -0.3 is 14.7 Å². The van der Waals surface area contributed by atoms with Crippen LogP contribution in [0.4, 0.5) is 0 Å². The molecule has 104 valence electrons. The molecule has 1 N–H and O–H groups in total. The van der Waals surface area contributed by atoms with Crippen LogP contribution in [0.2, 0.25) is 0 Å². The Kier molecular flexibility index (Phi) is 3.57. The van der Waals surface area contributed by atoms with Gasteiger partial charge in [0.1, 0.15) is 0 Å². The van der Waals surface area contributed by atoms with Crippen LogP contribution in [0.5, 0.6) is 0 Å². The van der Waals surface area contributed by atoms with Crippen LogP contribution in [0, 0.1) is 13.8 Å². The van der Waals surface area contributed by atoms with Gasteiger partial charge in [-0.25, -0.2) is 4.79 Å². The van der Waals surface area contributed by atoms with Crippen LogP contribution in [0.25, 0.3) is 0 Å². The molecule has 0 radical (unpaired) electrons. The predicted molar refractivity (Wildman–Crippen MR) is 66.0 cm³/mol. The number of amides is 1. The van der Waals surface area contributed by atoms with Crippen molar-refractivity contribution >= 4 is 11.9 Å². The Morgan fingerprint density at radius 3 is 2.63 bits per heavy atom. The number of nitrogens with zero attached hydrogens (tertiary/aromatic N) is 3. The van der Waals surface area contributed by atoms with E-state index in [4.69, 9.17) is 9.84 Å². The number of hydrogen-bond acceptors (Lipinski definition) is 4. The maximum atomic E-state index is 12.4. The molecule has 0 unspecified atom stereocenters. The molecule has 19 heavy (non-hydrogen) atoms. The van der Waals surface area contributed by atoms with Crippen molar-refractivity contribution < 1.29 is 19.4 Å². The third kappa shape index (κ3) is 2.46. The van der Waals surface area contributed by atoms with Crippen molar-refractivity contribution in [3.63, 3.8) is 0 Å². The largest absolute Gasteiger partial charge is 0.479 e. The number of carboxylic acids is 1. The molecule has 1 amide bonds. The summed E-state index contributed by atoms with van der Waals surface area (Å²) in [6.07, 6.45) is -0.949. The summed E-state index contributed by atoms with van der Waals surface area (Å²) in [6, 6.07) is 0. The van der Waals surface area contributed by atoms with E-state index in [1.54, 1.807) is 18.7 Å². The minimum Gasteiger partial charge on any atom is -0.479 e. The first-order chi connectivity index (χ1) is 8.91. The Morgan fingerprint density at radius 1 is 1.42 bits per heavy atom. The highest BCUT2D eigenvalue weighted by atomic mass is 16.5. The summed E-state index contributed by atoms with van der Waals surface area (Å²) >= 11 is 0. The van der Waals surface area contributed by atoms with E-state index in [2.05, 4.69) is 5.10 Å². The maximum Gasteiger partial charge on any atom is 0.334 e. The molecule has 1 aliphatic rings. The lowest BCUT2D eigenvalue weighted by Crippen LogP contribution is -2.48. The highest BCUT2D eigenvalue weighted by Gasteiger charge is 2.31. The number of carbonyl (C=O) groups is 2. The Labute approximate surface area is 110 Å². The lowest BCUT2D eigenvalue weighted by molar-refractivity contribution is -0.154. The lowest BCUT2D eigenvalue weighted by Gasteiger charge is -2.30. The first-order valence-corrected chi connectivity index (χ1v) is 6.05. The molecule has 1 atom stereocenters. The normalized spacial score (nSPS) is 19.5. The number of hydrogen-bond donors (Lipinski definition) is 1. The molecule has 2 heterocycles. The molecule has 1 aromatic heterocycles. The van der Waals surface area contributed by atoms with Crippen LogP contribution in [0.15, 0.2) is 0 Å². The van der Waals surface area contributed by atoms with Crippen LogP contribution in [0.1, 0.15) is 21.7 Å². The minimum atomic E-state index is -1.04. The van der Waals surface area contributed by atoms with Gasteiger partial charge in [-0.15, -0.1) is 0 Å². The van der Waals surface area contributed by atoms with Crippen molar-refractivity contribution in [1.82, 2.24) is 14.7 Å². The number of aromatic nitrogens is 2. The molecule has 1 aliphatic heterocycles. The smallest absolute Gasteiger partial charge is 0.334 e. The molecule has 1 aromatic rings. The fourth-order valence-electron chi connectivity index (χ4n) is 2.22. The molecule has 1 fully saturated rings. The summed E-state index contributed by atoms with van der Waals surface area (Å²) in [5.41, 5.74) is 1.98. The molecular weight excluding hydrogens is 250 g/mol. The molecular formula is C12H17N3O4. The molecule has 2 rings (SSSR count). The SMILES string of the molecule is Cc1nn(C)c(C)c1C(=O)N1CCO[C@H](C(=O)O)C1. The van der Waals surface area contributed by atoms with Crippen molar-refractivity contribution in [2.75, 3.05) is 19.7 Å². The standard InChI is InChI=1S/C12H17N3O4/c1-7-10(8(2)14(3)13-7)11(16)15-4-5-19-9(6-15)12(17)18/h9H,4-6H2,1-3H3,(H,17,18)/t9-/m0/s1. The molecule has 0 aliphatic carbocycles. The highest BCUT2D eigenvalue weighted by molar-refractivity contribution is 5.96. The number of carboxylic acid groups (broad SMARTS) is 1. The minimum absolute atomic E-state index is 0.0714. The number of carbonyl (C=O) groups excluding carboxylic acids is 1. The zero-order chi connectivity index (χ0) is 14.2. The van der Waals surface area contributed by atoms with E-state index in [1.807, 2.05) is 6.92 Å². The van der Waals surface area contributed by atoms with Crippen LogP contribution >= 0.6 is 0 Å². The molecule has 7 nitrogen and oxygen atoms in total. The van der Waals surface area contributed by atoms with E-state index in [0.29, 0.717) is 17.8 Å². The zero-order valence-corrected chi connectivity index (χ0v) is 11.2. The van der Waals surface area contributed by atoms with Gasteiger partial charge in [0.15, 0.2) is 6.10 Å². The second kappa shape index (κ2) is 5.00. The van der Waals surface area contributed by atoms with Gasteiger partial charge in [-0.2, -0.15) is 5.10 Å². The molecule has 7 heteroatoms. The maximum absolute atomic E-state index is 12.4. The quantitative estimate of drug-likeness (QED) is 0.813. The summed E-state index contributed by atoms with van der Waals surface area (Å²) in [5.74, 6) is -1.23. The van der Waals surface area contributed by atoms with Gasteiger partial charge in [0.2, 0.25) is 0 Å². The topological polar surface area (TPSA) is 84.7 Å². The lowest BCUT2D eigenvalue weighted by atomic mass is 10.1. The second-order valence-corrected chi connectivity index (χ2v) is 4.62. The Morgan fingerprint density at radius 2 is 2.11 bits per heavy atom. The first kappa shape index (κ1) is 13.5. The number of aryl methyl sites for hydroxylation is 2. The van der Waals surface area contributed by atoms with Gasteiger partial charge in [0, 0.05) is 19.3 Å². The fourth-order valence-corrected chi connectivity index (χ4v) is 2.22. The van der Waals surface area contributed by atoms with Gasteiger partial charge in [-0.3, -0.25) is 9.48 Å². The molecule has 1 saturated heterocycles. The van der Waals surface area contributed by atoms with E-state index in [9.17, 15) is 9.59 Å². The van der Waals surface area contributed by atoms with E-state index in [0.717, 1.165) is 5.69 Å². The number of ether oxygens (including phenoxy) is 1. The summed E-state index contributed by atoms with van der Waals surface area (Å²) in [5, 5.41) is 13.1. The monoisotopic (exact) mass is 267 g/mol. The van der Waals surface area contributed by atoms with E-state index in [1.165, 1.54) is 4.90 Å². The molecule has 0 saturated carbocycles. The average molecular weight is 267 g/mol. The van der Waals surface area contributed by atoms with Crippen molar-refractivity contribution in [2.24, 2.45) is 7.05 Å². The van der Waals surface area contributed by atoms with Gasteiger partial charge in [0.25, 0.3) is 5.91 Å². The molecule has 0 aromatic carbocycles. The fraction of sp³-hybridized carbons (Fsp3) is 0.583. The Hall–Kier alpha value is -1.89. The van der Waals surface area contributed by atoms with Crippen molar-refractivity contribution in [2.45, 2.75) is 20.0 Å². The van der Waals surface area contributed by atoms with E-state index < -0.39 is 12.1 Å². The number of aliphatic carboxylic acids is 1. The van der Waals surface area contributed by atoms with Crippen molar-refractivity contribution in [3.8, 4) is 0 Å². The molecule has 0 bridgehead atoms. The summed E-state index contributed by atoms with van der Waals surface area (Å²) in [4.78, 5) is 24.9. The Bertz CT molecular complexity index is 523. The first-order valence-electron chi connectivity index (χ1n) is 6.05. The van der Waals surface area contributed by atoms with Crippen molar-refractivity contribution in [3.05, 3.63) is 17.0 Å². The second-order valence-electron chi connectivity index (χ2n) is 4.62. The predicted octanol–water partition coefficient (Wildman–Crippen LogP) is -0.0375. The number of morpholine rings is 1. The summed E-state index contributed by atoms with van der Waals surface area (Å²) in [7, 11) is 1.78.